The second-order valence-corrected chi connectivity index (χ2v) is 6.98. The molecule has 1 heterocycles. The van der Waals surface area contributed by atoms with E-state index in [0.29, 0.717) is 33.9 Å². The molecule has 31 heavy (non-hydrogen) atoms. The molecule has 0 bridgehead atoms. The molecule has 162 valence electrons. The second-order valence-electron chi connectivity index (χ2n) is 6.98. The van der Waals surface area contributed by atoms with Crippen molar-refractivity contribution in [3.8, 4) is 11.5 Å². The van der Waals surface area contributed by atoms with Gasteiger partial charge in [0.05, 0.1) is 26.0 Å². The predicted molar refractivity (Wildman–Crippen MR) is 122 cm³/mol. The molecule has 1 aliphatic carbocycles. The first kappa shape index (κ1) is 22.0. The van der Waals surface area contributed by atoms with E-state index in [1.54, 1.807) is 33.5 Å². The van der Waals surface area contributed by atoms with Crippen molar-refractivity contribution in [1.82, 2.24) is 5.32 Å². The number of furan rings is 1. The molecule has 7 nitrogen and oxygen atoms in total. The van der Waals surface area contributed by atoms with Gasteiger partial charge in [0.25, 0.3) is 0 Å². The number of ketones is 1. The zero-order valence-electron chi connectivity index (χ0n) is 17.9. The van der Waals surface area contributed by atoms with Crippen LogP contribution in [0.15, 0.2) is 65.1 Å². The van der Waals surface area contributed by atoms with E-state index in [0.717, 1.165) is 18.4 Å². The van der Waals surface area contributed by atoms with Gasteiger partial charge < -0.3 is 29.9 Å². The van der Waals surface area contributed by atoms with Crippen molar-refractivity contribution < 1.29 is 18.7 Å². The second kappa shape index (κ2) is 10.3. The van der Waals surface area contributed by atoms with Gasteiger partial charge in [0.1, 0.15) is 23.8 Å². The summed E-state index contributed by atoms with van der Waals surface area (Å²) in [7, 11) is 4.91. The molecule has 0 spiro atoms. The third kappa shape index (κ3) is 5.06. The number of anilines is 1. The van der Waals surface area contributed by atoms with Crippen LogP contribution in [0.2, 0.25) is 0 Å². The van der Waals surface area contributed by atoms with Crippen LogP contribution < -0.4 is 20.1 Å². The van der Waals surface area contributed by atoms with Crippen molar-refractivity contribution in [2.75, 3.05) is 26.6 Å². The Kier molecular flexibility index (Phi) is 7.32. The Morgan fingerprint density at radius 2 is 1.87 bits per heavy atom. The van der Waals surface area contributed by atoms with Crippen LogP contribution in [0.1, 0.15) is 28.8 Å². The van der Waals surface area contributed by atoms with Gasteiger partial charge in [-0.05, 0) is 18.4 Å². The maximum absolute atomic E-state index is 13.7. The molecule has 2 aromatic rings. The summed E-state index contributed by atoms with van der Waals surface area (Å²) in [5.41, 5.74) is 3.20. The molecule has 0 radical (unpaired) electrons. The summed E-state index contributed by atoms with van der Waals surface area (Å²) in [5, 5.41) is 14.0. The van der Waals surface area contributed by atoms with Crippen molar-refractivity contribution in [2.24, 2.45) is 0 Å². The highest BCUT2D eigenvalue weighted by Crippen LogP contribution is 2.30. The van der Waals surface area contributed by atoms with E-state index in [2.05, 4.69) is 16.7 Å². The normalized spacial score (nSPS) is 14.4. The van der Waals surface area contributed by atoms with Crippen LogP contribution in [0.5, 0.6) is 11.5 Å². The highest BCUT2D eigenvalue weighted by Gasteiger charge is 2.28. The number of nitrogens with one attached hydrogen (secondary N) is 3. The highest BCUT2D eigenvalue weighted by atomic mass is 16.5. The number of rotatable bonds is 10. The predicted octanol–water partition coefficient (Wildman–Crippen LogP) is 4.45. The minimum atomic E-state index is -0.611. The number of methoxy groups -OCH3 is 2. The molecule has 1 unspecified atom stereocenters. The van der Waals surface area contributed by atoms with Crippen LogP contribution in [-0.4, -0.2) is 39.3 Å². The van der Waals surface area contributed by atoms with Gasteiger partial charge in [0, 0.05) is 54.5 Å². The Morgan fingerprint density at radius 1 is 1.16 bits per heavy atom. The van der Waals surface area contributed by atoms with Crippen molar-refractivity contribution >= 4 is 23.3 Å². The lowest BCUT2D eigenvalue weighted by atomic mass is 9.90. The zero-order chi connectivity index (χ0) is 22.2. The monoisotopic (exact) mass is 421 g/mol. The summed E-state index contributed by atoms with van der Waals surface area (Å²) in [6.45, 7) is 0. The number of carbonyl (C=O) groups excluding carboxylic acids is 1. The van der Waals surface area contributed by atoms with Crippen molar-refractivity contribution in [3.05, 3.63) is 71.9 Å². The highest BCUT2D eigenvalue weighted by molar-refractivity contribution is 6.15. The summed E-state index contributed by atoms with van der Waals surface area (Å²) >= 11 is 0. The van der Waals surface area contributed by atoms with Crippen LogP contribution in [0, 0.1) is 5.41 Å². The van der Waals surface area contributed by atoms with E-state index in [1.807, 2.05) is 24.3 Å². The van der Waals surface area contributed by atoms with Gasteiger partial charge in [-0.3, -0.25) is 4.79 Å². The maximum atomic E-state index is 13.7. The molecule has 1 atom stereocenters. The van der Waals surface area contributed by atoms with E-state index >= 15 is 0 Å². The fraction of sp³-hybridized carbons (Fsp3) is 0.250. The third-order valence-corrected chi connectivity index (χ3v) is 5.04. The molecular formula is C24H27N3O4. The Balaban J connectivity index is 2.02. The molecule has 1 aromatic heterocycles. The van der Waals surface area contributed by atoms with E-state index in [4.69, 9.17) is 19.3 Å². The molecule has 0 saturated carbocycles. The largest absolute Gasteiger partial charge is 0.497 e. The standard InChI is InChI=1S/C24H27N3O4/c1-26-13-17(12-25)21-14-31-15-22(21)24(28)23(16-7-5-4-6-8-16)27-18-9-19(29-2)11-20(10-18)30-3/h4-5,7,9-15,23,25-27H,6,8H2,1-3H3/b17-13+,25-12?. The van der Waals surface area contributed by atoms with Crippen LogP contribution >= 0.6 is 0 Å². The molecular weight excluding hydrogens is 394 g/mol. The van der Waals surface area contributed by atoms with Gasteiger partial charge >= 0.3 is 0 Å². The van der Waals surface area contributed by atoms with E-state index in [-0.39, 0.29) is 5.78 Å². The van der Waals surface area contributed by atoms with Crippen molar-refractivity contribution in [1.29, 1.82) is 5.41 Å². The third-order valence-electron chi connectivity index (χ3n) is 5.04. The summed E-state index contributed by atoms with van der Waals surface area (Å²) in [6.07, 6.45) is 13.4. The lowest BCUT2D eigenvalue weighted by Crippen LogP contribution is -2.32. The average molecular weight is 421 g/mol. The Hall–Kier alpha value is -3.74. The van der Waals surface area contributed by atoms with Gasteiger partial charge in [-0.1, -0.05) is 18.2 Å². The number of carbonyl (C=O) groups is 1. The van der Waals surface area contributed by atoms with Crippen molar-refractivity contribution in [3.63, 3.8) is 0 Å². The number of ether oxygens (including phenoxy) is 2. The first-order valence-corrected chi connectivity index (χ1v) is 9.95. The molecule has 0 saturated heterocycles. The topological polar surface area (TPSA) is 96.6 Å². The fourth-order valence-corrected chi connectivity index (χ4v) is 3.47. The van der Waals surface area contributed by atoms with Crippen LogP contribution in [0.25, 0.3) is 5.57 Å². The van der Waals surface area contributed by atoms with Gasteiger partial charge in [-0.2, -0.15) is 0 Å². The molecule has 1 aromatic carbocycles. The minimum Gasteiger partial charge on any atom is -0.497 e. The van der Waals surface area contributed by atoms with Gasteiger partial charge in [0.15, 0.2) is 5.78 Å². The lowest BCUT2D eigenvalue weighted by Gasteiger charge is -2.23. The zero-order valence-corrected chi connectivity index (χ0v) is 17.9. The number of hydrogen-bond donors (Lipinski definition) is 3. The molecule has 0 aliphatic heterocycles. The SMILES string of the molecule is CN/C=C(\C=N)c1cocc1C(=O)C(Nc1cc(OC)cc(OC)c1)C1=CC=CCC1. The summed E-state index contributed by atoms with van der Waals surface area (Å²) < 4.78 is 16.1. The molecule has 0 fully saturated rings. The van der Waals surface area contributed by atoms with Gasteiger partial charge in [-0.15, -0.1) is 0 Å². The van der Waals surface area contributed by atoms with Crippen LogP contribution in [0.4, 0.5) is 5.69 Å². The summed E-state index contributed by atoms with van der Waals surface area (Å²) in [6, 6.07) is 4.81. The average Bonchev–Trinajstić information content (AvgIpc) is 3.30. The minimum absolute atomic E-state index is 0.143. The maximum Gasteiger partial charge on any atom is 0.193 e. The van der Waals surface area contributed by atoms with Gasteiger partial charge in [-0.25, -0.2) is 0 Å². The number of Topliss-reactive ketones (excluding diaryl/α,β-unsaturated/α-hetero) is 1. The van der Waals surface area contributed by atoms with Crippen LogP contribution in [0.3, 0.4) is 0 Å². The first-order valence-electron chi connectivity index (χ1n) is 9.95. The number of allylic oxidation sites excluding steroid dienone is 4. The Labute approximate surface area is 181 Å². The first-order chi connectivity index (χ1) is 15.1. The Bertz CT molecular complexity index is 1010. The quantitative estimate of drug-likeness (QED) is 0.387. The number of benzene rings is 1. The van der Waals surface area contributed by atoms with E-state index in [9.17, 15) is 4.79 Å². The molecule has 3 rings (SSSR count). The summed E-state index contributed by atoms with van der Waals surface area (Å²) in [5.74, 6) is 1.10. The molecule has 0 amide bonds. The smallest absolute Gasteiger partial charge is 0.193 e. The number of hydrogen-bond acceptors (Lipinski definition) is 7. The summed E-state index contributed by atoms with van der Waals surface area (Å²) in [4.78, 5) is 13.7. The Morgan fingerprint density at radius 3 is 2.45 bits per heavy atom. The fourth-order valence-electron chi connectivity index (χ4n) is 3.47. The van der Waals surface area contributed by atoms with E-state index < -0.39 is 6.04 Å². The van der Waals surface area contributed by atoms with E-state index in [1.165, 1.54) is 18.7 Å². The van der Waals surface area contributed by atoms with Crippen LogP contribution in [-0.2, 0) is 0 Å². The lowest BCUT2D eigenvalue weighted by molar-refractivity contribution is 0.0979. The van der Waals surface area contributed by atoms with Crippen molar-refractivity contribution in [2.45, 2.75) is 18.9 Å². The molecule has 1 aliphatic rings. The van der Waals surface area contributed by atoms with Gasteiger partial charge in [0.2, 0.25) is 0 Å². The molecule has 3 N–H and O–H groups in total. The molecule has 7 heteroatoms.